The van der Waals surface area contributed by atoms with Crippen molar-refractivity contribution in [2.75, 3.05) is 19.8 Å². The van der Waals surface area contributed by atoms with Gasteiger partial charge >= 0.3 is 5.97 Å². The van der Waals surface area contributed by atoms with E-state index in [0.717, 1.165) is 19.3 Å². The number of aliphatic carboxylic acids is 1. The van der Waals surface area contributed by atoms with Gasteiger partial charge in [-0.2, -0.15) is 0 Å². The van der Waals surface area contributed by atoms with Crippen molar-refractivity contribution in [1.82, 2.24) is 5.32 Å². The zero-order valence-corrected chi connectivity index (χ0v) is 12.6. The minimum absolute atomic E-state index is 0.135. The number of rotatable bonds is 8. The molecule has 0 heterocycles. The molecule has 1 rings (SSSR count). The van der Waals surface area contributed by atoms with E-state index in [4.69, 9.17) is 9.84 Å². The molecule has 5 nitrogen and oxygen atoms in total. The lowest BCUT2D eigenvalue weighted by atomic mass is 9.79. The second-order valence-electron chi connectivity index (χ2n) is 5.92. The molecule has 2 unspecified atom stereocenters. The van der Waals surface area contributed by atoms with Crippen molar-refractivity contribution >= 4 is 11.9 Å². The molecule has 0 aromatic heterocycles. The Bertz CT molecular complexity index is 317. The van der Waals surface area contributed by atoms with Crippen LogP contribution >= 0.6 is 0 Å². The molecule has 1 saturated carbocycles. The fourth-order valence-corrected chi connectivity index (χ4v) is 2.54. The summed E-state index contributed by atoms with van der Waals surface area (Å²) in [5.41, 5.74) is 0. The lowest BCUT2D eigenvalue weighted by molar-refractivity contribution is -0.148. The summed E-state index contributed by atoms with van der Waals surface area (Å²) in [6.07, 6.45) is 4.14. The number of hydrogen-bond donors (Lipinski definition) is 2. The Hall–Kier alpha value is -1.10. The molecular weight excluding hydrogens is 258 g/mol. The molecule has 0 spiro atoms. The Balaban J connectivity index is 2.22. The number of carboxylic acid groups (broad SMARTS) is 1. The smallest absolute Gasteiger partial charge is 0.307 e. The molecule has 0 saturated heterocycles. The van der Waals surface area contributed by atoms with Crippen LogP contribution in [0.2, 0.25) is 0 Å². The monoisotopic (exact) mass is 285 g/mol. The first-order valence-electron chi connectivity index (χ1n) is 7.60. The molecule has 5 heteroatoms. The number of nitrogens with one attached hydrogen (secondary N) is 1. The normalized spacial score (nSPS) is 22.8. The Morgan fingerprint density at radius 2 is 1.85 bits per heavy atom. The van der Waals surface area contributed by atoms with Crippen LogP contribution in [0.1, 0.15) is 46.0 Å². The predicted octanol–water partition coefficient (Wildman–Crippen LogP) is 2.06. The highest BCUT2D eigenvalue weighted by molar-refractivity contribution is 5.84. The number of carbonyl (C=O) groups is 2. The van der Waals surface area contributed by atoms with Crippen molar-refractivity contribution in [2.45, 2.75) is 46.0 Å². The highest BCUT2D eigenvalue weighted by atomic mass is 16.5. The summed E-state index contributed by atoms with van der Waals surface area (Å²) < 4.78 is 5.43. The summed E-state index contributed by atoms with van der Waals surface area (Å²) in [6.45, 7) is 5.93. The highest BCUT2D eigenvalue weighted by Crippen LogP contribution is 2.30. The Morgan fingerprint density at radius 3 is 2.45 bits per heavy atom. The lowest BCUT2D eigenvalue weighted by Gasteiger charge is -2.27. The maximum atomic E-state index is 12.0. The maximum Gasteiger partial charge on any atom is 0.307 e. The van der Waals surface area contributed by atoms with Gasteiger partial charge in [0.15, 0.2) is 0 Å². The molecule has 0 aliphatic heterocycles. The van der Waals surface area contributed by atoms with Gasteiger partial charge in [0.1, 0.15) is 0 Å². The quantitative estimate of drug-likeness (QED) is 0.669. The number of amides is 1. The first kappa shape index (κ1) is 17.0. The summed E-state index contributed by atoms with van der Waals surface area (Å²) in [5.74, 6) is -1.27. The van der Waals surface area contributed by atoms with Gasteiger partial charge in [-0.1, -0.05) is 26.7 Å². The summed E-state index contributed by atoms with van der Waals surface area (Å²) in [6, 6.07) is 0. The van der Waals surface area contributed by atoms with Crippen LogP contribution < -0.4 is 5.32 Å². The van der Waals surface area contributed by atoms with Crippen LogP contribution in [-0.4, -0.2) is 36.7 Å². The molecule has 2 N–H and O–H groups in total. The molecule has 1 aliphatic rings. The average Bonchev–Trinajstić information content (AvgIpc) is 2.42. The van der Waals surface area contributed by atoms with Crippen LogP contribution in [0.3, 0.4) is 0 Å². The molecule has 1 fully saturated rings. The fraction of sp³-hybridized carbons (Fsp3) is 0.867. The summed E-state index contributed by atoms with van der Waals surface area (Å²) in [5, 5.41) is 11.9. The molecule has 0 radical (unpaired) electrons. The number of hydrogen-bond acceptors (Lipinski definition) is 3. The van der Waals surface area contributed by atoms with E-state index in [1.165, 1.54) is 0 Å². The van der Waals surface area contributed by atoms with Gasteiger partial charge in [-0.3, -0.25) is 9.59 Å². The van der Waals surface area contributed by atoms with Crippen molar-refractivity contribution < 1.29 is 19.4 Å². The Labute approximate surface area is 121 Å². The van der Waals surface area contributed by atoms with Crippen molar-refractivity contribution in [3.05, 3.63) is 0 Å². The third-order valence-electron chi connectivity index (χ3n) is 3.81. The standard InChI is InChI=1S/C15H27NO4/c1-11(2)7-9-20-10-8-16-14(17)12-5-3-4-6-13(12)15(18)19/h11-13H,3-10H2,1-2H3,(H,16,17)(H,18,19). The largest absolute Gasteiger partial charge is 0.481 e. The average molecular weight is 285 g/mol. The molecule has 116 valence electrons. The van der Waals surface area contributed by atoms with Crippen molar-refractivity contribution in [2.24, 2.45) is 17.8 Å². The minimum atomic E-state index is -0.849. The van der Waals surface area contributed by atoms with Gasteiger partial charge in [-0.05, 0) is 25.2 Å². The van der Waals surface area contributed by atoms with Crippen molar-refractivity contribution in [3.63, 3.8) is 0 Å². The van der Waals surface area contributed by atoms with E-state index in [1.807, 2.05) is 0 Å². The van der Waals surface area contributed by atoms with E-state index >= 15 is 0 Å². The molecule has 20 heavy (non-hydrogen) atoms. The molecule has 0 bridgehead atoms. The predicted molar refractivity (Wildman–Crippen MR) is 76.4 cm³/mol. The Morgan fingerprint density at radius 1 is 1.20 bits per heavy atom. The third kappa shape index (κ3) is 5.90. The maximum absolute atomic E-state index is 12.0. The second-order valence-corrected chi connectivity index (χ2v) is 5.92. The van der Waals surface area contributed by atoms with Gasteiger partial charge in [0.25, 0.3) is 0 Å². The van der Waals surface area contributed by atoms with Crippen molar-refractivity contribution in [1.29, 1.82) is 0 Å². The molecule has 0 aromatic rings. The number of carboxylic acids is 1. The van der Waals surface area contributed by atoms with Gasteiger partial charge in [0.05, 0.1) is 18.4 Å². The van der Waals surface area contributed by atoms with Crippen LogP contribution in [0.4, 0.5) is 0 Å². The van der Waals surface area contributed by atoms with E-state index in [2.05, 4.69) is 19.2 Å². The van der Waals surface area contributed by atoms with Crippen LogP contribution in [0.25, 0.3) is 0 Å². The number of carbonyl (C=O) groups excluding carboxylic acids is 1. The number of ether oxygens (including phenoxy) is 1. The summed E-state index contributed by atoms with van der Waals surface area (Å²) in [4.78, 5) is 23.2. The topological polar surface area (TPSA) is 75.6 Å². The van der Waals surface area contributed by atoms with E-state index in [9.17, 15) is 9.59 Å². The highest BCUT2D eigenvalue weighted by Gasteiger charge is 2.35. The first-order valence-corrected chi connectivity index (χ1v) is 7.60. The van der Waals surface area contributed by atoms with E-state index in [-0.39, 0.29) is 11.8 Å². The van der Waals surface area contributed by atoms with Gasteiger partial charge in [0.2, 0.25) is 5.91 Å². The molecular formula is C15H27NO4. The van der Waals surface area contributed by atoms with Crippen LogP contribution in [0.5, 0.6) is 0 Å². The van der Waals surface area contributed by atoms with Crippen LogP contribution in [0, 0.1) is 17.8 Å². The van der Waals surface area contributed by atoms with Crippen LogP contribution in [-0.2, 0) is 14.3 Å². The van der Waals surface area contributed by atoms with E-state index in [1.54, 1.807) is 0 Å². The third-order valence-corrected chi connectivity index (χ3v) is 3.81. The Kier molecular flexibility index (Phi) is 7.59. The molecule has 1 amide bonds. The van der Waals surface area contributed by atoms with Gasteiger partial charge in [-0.25, -0.2) is 0 Å². The zero-order valence-electron chi connectivity index (χ0n) is 12.6. The summed E-state index contributed by atoms with van der Waals surface area (Å²) >= 11 is 0. The van der Waals surface area contributed by atoms with Crippen LogP contribution in [0.15, 0.2) is 0 Å². The fourth-order valence-electron chi connectivity index (χ4n) is 2.54. The second kappa shape index (κ2) is 8.95. The first-order chi connectivity index (χ1) is 9.52. The SMILES string of the molecule is CC(C)CCOCCNC(=O)C1CCCCC1C(=O)O. The molecule has 1 aliphatic carbocycles. The van der Waals surface area contributed by atoms with E-state index in [0.29, 0.717) is 38.5 Å². The van der Waals surface area contributed by atoms with Gasteiger partial charge in [-0.15, -0.1) is 0 Å². The minimum Gasteiger partial charge on any atom is -0.481 e. The molecule has 2 atom stereocenters. The zero-order chi connectivity index (χ0) is 15.0. The summed E-state index contributed by atoms with van der Waals surface area (Å²) in [7, 11) is 0. The lowest BCUT2D eigenvalue weighted by Crippen LogP contribution is -2.40. The van der Waals surface area contributed by atoms with Crippen molar-refractivity contribution in [3.8, 4) is 0 Å². The van der Waals surface area contributed by atoms with Gasteiger partial charge in [0, 0.05) is 13.2 Å². The molecule has 0 aromatic carbocycles. The van der Waals surface area contributed by atoms with E-state index < -0.39 is 11.9 Å². The van der Waals surface area contributed by atoms with Gasteiger partial charge < -0.3 is 15.2 Å².